The van der Waals surface area contributed by atoms with E-state index in [9.17, 15) is 4.79 Å². The fourth-order valence-electron chi connectivity index (χ4n) is 2.60. The molecule has 0 bridgehead atoms. The van der Waals surface area contributed by atoms with Gasteiger partial charge in [-0.2, -0.15) is 5.26 Å². The van der Waals surface area contributed by atoms with Gasteiger partial charge < -0.3 is 10.6 Å². The van der Waals surface area contributed by atoms with Gasteiger partial charge in [-0.3, -0.25) is 4.79 Å². The Morgan fingerprint density at radius 1 is 1.27 bits per heavy atom. The van der Waals surface area contributed by atoms with Gasteiger partial charge in [-0.1, -0.05) is 17.7 Å². The standard InChI is InChI=1S/C18H23N3O/c19-14-16-7-4-8-17(13-16)21-18(22)10-12-20-11-9-15-5-2-1-3-6-15/h4-5,7-8,13,20H,1-3,6,9-12H2,(H,21,22). The number of carbonyl (C=O) groups is 1. The van der Waals surface area contributed by atoms with Crippen molar-refractivity contribution in [2.45, 2.75) is 38.5 Å². The van der Waals surface area contributed by atoms with Crippen LogP contribution in [-0.4, -0.2) is 19.0 Å². The minimum atomic E-state index is -0.0283. The van der Waals surface area contributed by atoms with E-state index in [1.165, 1.54) is 25.7 Å². The van der Waals surface area contributed by atoms with Crippen molar-refractivity contribution in [3.8, 4) is 6.07 Å². The molecule has 0 atom stereocenters. The van der Waals surface area contributed by atoms with Crippen LogP contribution in [-0.2, 0) is 4.79 Å². The van der Waals surface area contributed by atoms with Gasteiger partial charge in [0.05, 0.1) is 11.6 Å². The molecule has 2 N–H and O–H groups in total. The predicted molar refractivity (Wildman–Crippen MR) is 88.4 cm³/mol. The molecular weight excluding hydrogens is 274 g/mol. The average molecular weight is 297 g/mol. The van der Waals surface area contributed by atoms with Crippen LogP contribution in [0.1, 0.15) is 44.1 Å². The van der Waals surface area contributed by atoms with Gasteiger partial charge in [0.2, 0.25) is 5.91 Å². The van der Waals surface area contributed by atoms with Crippen LogP contribution in [0.4, 0.5) is 5.69 Å². The number of nitrogens with one attached hydrogen (secondary N) is 2. The molecule has 1 aromatic rings. The molecule has 1 aliphatic rings. The summed E-state index contributed by atoms with van der Waals surface area (Å²) in [5.74, 6) is -0.0283. The lowest BCUT2D eigenvalue weighted by Gasteiger charge is -2.12. The average Bonchev–Trinajstić information content (AvgIpc) is 2.55. The number of hydrogen-bond donors (Lipinski definition) is 2. The zero-order valence-electron chi connectivity index (χ0n) is 12.9. The molecule has 0 fully saturated rings. The maximum Gasteiger partial charge on any atom is 0.225 e. The van der Waals surface area contributed by atoms with Gasteiger partial charge in [0.1, 0.15) is 0 Å². The second-order valence-corrected chi connectivity index (χ2v) is 5.60. The Morgan fingerprint density at radius 3 is 2.95 bits per heavy atom. The van der Waals surface area contributed by atoms with Crippen LogP contribution < -0.4 is 10.6 Å². The summed E-state index contributed by atoms with van der Waals surface area (Å²) in [4.78, 5) is 11.8. The highest BCUT2D eigenvalue weighted by molar-refractivity contribution is 5.90. The van der Waals surface area contributed by atoms with Gasteiger partial charge in [0.15, 0.2) is 0 Å². The van der Waals surface area contributed by atoms with Crippen molar-refractivity contribution >= 4 is 11.6 Å². The zero-order valence-corrected chi connectivity index (χ0v) is 12.9. The summed E-state index contributed by atoms with van der Waals surface area (Å²) in [6.07, 6.45) is 8.98. The third-order valence-corrected chi connectivity index (χ3v) is 3.81. The first-order valence-corrected chi connectivity index (χ1v) is 7.96. The summed E-state index contributed by atoms with van der Waals surface area (Å²) < 4.78 is 0. The molecule has 0 radical (unpaired) electrons. The van der Waals surface area contributed by atoms with Crippen LogP contribution in [0.5, 0.6) is 0 Å². The van der Waals surface area contributed by atoms with Gasteiger partial charge >= 0.3 is 0 Å². The minimum Gasteiger partial charge on any atom is -0.326 e. The van der Waals surface area contributed by atoms with Crippen LogP contribution >= 0.6 is 0 Å². The quantitative estimate of drug-likeness (QED) is 0.599. The SMILES string of the molecule is N#Cc1cccc(NC(=O)CCNCCC2=CCCCC2)c1. The molecule has 1 aromatic carbocycles. The first-order chi connectivity index (χ1) is 10.8. The van der Waals surface area contributed by atoms with Gasteiger partial charge in [0, 0.05) is 18.7 Å². The smallest absolute Gasteiger partial charge is 0.225 e. The fraction of sp³-hybridized carbons (Fsp3) is 0.444. The zero-order chi connectivity index (χ0) is 15.6. The Bertz CT molecular complexity index is 572. The second kappa shape index (κ2) is 9.01. The maximum absolute atomic E-state index is 11.8. The van der Waals surface area contributed by atoms with Crippen molar-refractivity contribution in [1.82, 2.24) is 5.32 Å². The van der Waals surface area contributed by atoms with Crippen molar-refractivity contribution in [1.29, 1.82) is 5.26 Å². The molecule has 4 heteroatoms. The summed E-state index contributed by atoms with van der Waals surface area (Å²) in [6.45, 7) is 1.61. The largest absolute Gasteiger partial charge is 0.326 e. The molecule has 0 aromatic heterocycles. The lowest BCUT2D eigenvalue weighted by Crippen LogP contribution is -2.23. The topological polar surface area (TPSA) is 64.9 Å². The van der Waals surface area contributed by atoms with Crippen LogP contribution in [0.25, 0.3) is 0 Å². The molecule has 0 saturated heterocycles. The lowest BCUT2D eigenvalue weighted by atomic mass is 9.97. The van der Waals surface area contributed by atoms with Crippen molar-refractivity contribution in [2.24, 2.45) is 0 Å². The molecule has 2 rings (SSSR count). The number of carbonyl (C=O) groups excluding carboxylic acids is 1. The highest BCUT2D eigenvalue weighted by atomic mass is 16.1. The highest BCUT2D eigenvalue weighted by Crippen LogP contribution is 2.19. The molecule has 1 aliphatic carbocycles. The van der Waals surface area contributed by atoms with E-state index in [0.29, 0.717) is 24.2 Å². The monoisotopic (exact) mass is 297 g/mol. The van der Waals surface area contributed by atoms with Gasteiger partial charge in [-0.05, 0) is 56.8 Å². The van der Waals surface area contributed by atoms with Gasteiger partial charge in [-0.15, -0.1) is 0 Å². The predicted octanol–water partition coefficient (Wildman–Crippen LogP) is 3.37. The first-order valence-electron chi connectivity index (χ1n) is 7.96. The summed E-state index contributed by atoms with van der Waals surface area (Å²) >= 11 is 0. The summed E-state index contributed by atoms with van der Waals surface area (Å²) in [5, 5.41) is 15.0. The van der Waals surface area contributed by atoms with Crippen molar-refractivity contribution in [3.05, 3.63) is 41.5 Å². The Morgan fingerprint density at radius 2 is 2.18 bits per heavy atom. The summed E-state index contributed by atoms with van der Waals surface area (Å²) in [7, 11) is 0. The molecule has 0 spiro atoms. The van der Waals surface area contributed by atoms with Crippen molar-refractivity contribution in [2.75, 3.05) is 18.4 Å². The fourth-order valence-corrected chi connectivity index (χ4v) is 2.60. The number of allylic oxidation sites excluding steroid dienone is 1. The minimum absolute atomic E-state index is 0.0283. The molecule has 116 valence electrons. The lowest BCUT2D eigenvalue weighted by molar-refractivity contribution is -0.116. The maximum atomic E-state index is 11.8. The third kappa shape index (κ3) is 5.71. The first kappa shape index (κ1) is 16.3. The van der Waals surface area contributed by atoms with E-state index < -0.39 is 0 Å². The van der Waals surface area contributed by atoms with Crippen LogP contribution in [0.15, 0.2) is 35.9 Å². The normalized spacial score (nSPS) is 14.0. The van der Waals surface area contributed by atoms with E-state index in [0.717, 1.165) is 13.0 Å². The van der Waals surface area contributed by atoms with E-state index in [2.05, 4.69) is 22.8 Å². The molecule has 0 unspecified atom stereocenters. The summed E-state index contributed by atoms with van der Waals surface area (Å²) in [5.41, 5.74) is 2.78. The Labute approximate surface area is 132 Å². The molecule has 0 saturated carbocycles. The second-order valence-electron chi connectivity index (χ2n) is 5.60. The molecule has 4 nitrogen and oxygen atoms in total. The van der Waals surface area contributed by atoms with Crippen LogP contribution in [0, 0.1) is 11.3 Å². The number of nitrogens with zero attached hydrogens (tertiary/aromatic N) is 1. The van der Waals surface area contributed by atoms with Crippen molar-refractivity contribution < 1.29 is 4.79 Å². The Balaban J connectivity index is 1.61. The molecule has 0 aliphatic heterocycles. The number of hydrogen-bond acceptors (Lipinski definition) is 3. The number of nitriles is 1. The van der Waals surface area contributed by atoms with E-state index in [4.69, 9.17) is 5.26 Å². The van der Waals surface area contributed by atoms with Crippen LogP contribution in [0.2, 0.25) is 0 Å². The van der Waals surface area contributed by atoms with Gasteiger partial charge in [0.25, 0.3) is 0 Å². The summed E-state index contributed by atoms with van der Waals surface area (Å²) in [6, 6.07) is 9.03. The number of benzene rings is 1. The molecule has 1 amide bonds. The molecular formula is C18H23N3O. The highest BCUT2D eigenvalue weighted by Gasteiger charge is 2.04. The molecule has 0 heterocycles. The van der Waals surface area contributed by atoms with Gasteiger partial charge in [-0.25, -0.2) is 0 Å². The van der Waals surface area contributed by atoms with Crippen LogP contribution in [0.3, 0.4) is 0 Å². The van der Waals surface area contributed by atoms with E-state index in [1.807, 2.05) is 0 Å². The Hall–Kier alpha value is -2.12. The van der Waals surface area contributed by atoms with E-state index in [-0.39, 0.29) is 5.91 Å². The van der Waals surface area contributed by atoms with E-state index >= 15 is 0 Å². The number of rotatable bonds is 7. The van der Waals surface area contributed by atoms with E-state index in [1.54, 1.807) is 29.8 Å². The third-order valence-electron chi connectivity index (χ3n) is 3.81. The molecule has 22 heavy (non-hydrogen) atoms. The van der Waals surface area contributed by atoms with Crippen molar-refractivity contribution in [3.63, 3.8) is 0 Å². The Kier molecular flexibility index (Phi) is 6.66. The number of amides is 1. The number of anilines is 1.